The summed E-state index contributed by atoms with van der Waals surface area (Å²) in [7, 11) is 0. The zero-order valence-corrected chi connectivity index (χ0v) is 12.6. The van der Waals surface area contributed by atoms with Crippen LogP contribution in [0.4, 0.5) is 0 Å². The third-order valence-corrected chi connectivity index (χ3v) is 2.73. The van der Waals surface area contributed by atoms with Crippen LogP contribution in [0.25, 0.3) is 6.08 Å². The summed E-state index contributed by atoms with van der Waals surface area (Å²) in [6.45, 7) is 0. The summed E-state index contributed by atoms with van der Waals surface area (Å²) in [5, 5.41) is 11.6. The number of hydrogen-bond acceptors (Lipinski definition) is 1. The van der Waals surface area contributed by atoms with E-state index in [2.05, 4.69) is 0 Å². The molecule has 0 atom stereocenters. The molecule has 21 heavy (non-hydrogen) atoms. The van der Waals surface area contributed by atoms with Gasteiger partial charge < -0.3 is 5.11 Å². The first-order chi connectivity index (χ1) is 9.86. The van der Waals surface area contributed by atoms with Gasteiger partial charge in [0.1, 0.15) is 0 Å². The molecule has 0 aliphatic heterocycles. The van der Waals surface area contributed by atoms with Crippen molar-refractivity contribution in [2.75, 3.05) is 0 Å². The molecule has 0 N–H and O–H groups in total. The molecule has 0 heterocycles. The maximum Gasteiger partial charge on any atom is 2.00 e. The molecule has 0 radical (unpaired) electrons. The van der Waals surface area contributed by atoms with E-state index in [1.165, 1.54) is 0 Å². The van der Waals surface area contributed by atoms with Gasteiger partial charge in [-0.2, -0.15) is 18.2 Å². The van der Waals surface area contributed by atoms with Gasteiger partial charge in [-0.25, -0.2) is 12.1 Å². The molecule has 0 bridgehead atoms. The Morgan fingerprint density at radius 3 is 2.05 bits per heavy atom. The Morgan fingerprint density at radius 2 is 1.52 bits per heavy atom. The van der Waals surface area contributed by atoms with Crippen molar-refractivity contribution in [2.45, 2.75) is 0 Å². The van der Waals surface area contributed by atoms with Crippen LogP contribution in [0, 0.1) is 0 Å². The fourth-order valence-electron chi connectivity index (χ4n) is 1.69. The van der Waals surface area contributed by atoms with E-state index < -0.39 is 0 Å². The molecule has 0 saturated heterocycles. The van der Waals surface area contributed by atoms with Crippen molar-refractivity contribution in [1.82, 2.24) is 0 Å². The predicted octanol–water partition coefficient (Wildman–Crippen LogP) is 3.84. The second-order valence-corrected chi connectivity index (χ2v) is 4.24. The summed E-state index contributed by atoms with van der Waals surface area (Å²) >= 11 is 0. The minimum atomic E-state index is 0. The zero-order valence-electron chi connectivity index (χ0n) is 11.5. The predicted molar refractivity (Wildman–Crippen MR) is 82.8 cm³/mol. The second kappa shape index (κ2) is 9.71. The molecule has 0 saturated carbocycles. The van der Waals surface area contributed by atoms with E-state index in [1.807, 2.05) is 91.0 Å². The van der Waals surface area contributed by atoms with Crippen molar-refractivity contribution in [3.63, 3.8) is 0 Å². The van der Waals surface area contributed by atoms with Crippen molar-refractivity contribution in [2.24, 2.45) is 0 Å². The molecular formula is C19H16FeO. The van der Waals surface area contributed by atoms with Crippen molar-refractivity contribution in [3.05, 3.63) is 108 Å². The molecule has 106 valence electrons. The van der Waals surface area contributed by atoms with Crippen LogP contribution < -0.4 is 5.11 Å². The molecule has 2 aromatic carbocycles. The van der Waals surface area contributed by atoms with Crippen molar-refractivity contribution in [3.8, 4) is 0 Å². The Balaban J connectivity index is 0.000000313. The van der Waals surface area contributed by atoms with Crippen LogP contribution >= 0.6 is 0 Å². The number of benzene rings is 1. The Morgan fingerprint density at radius 1 is 0.905 bits per heavy atom. The molecule has 0 unspecified atom stereocenters. The van der Waals surface area contributed by atoms with Gasteiger partial charge in [0, 0.05) is 0 Å². The van der Waals surface area contributed by atoms with Crippen LogP contribution in [0.1, 0.15) is 5.56 Å². The molecule has 2 heteroatoms. The van der Waals surface area contributed by atoms with E-state index in [-0.39, 0.29) is 22.8 Å². The van der Waals surface area contributed by atoms with E-state index in [4.69, 9.17) is 0 Å². The third-order valence-electron chi connectivity index (χ3n) is 2.73. The van der Waals surface area contributed by atoms with Gasteiger partial charge in [0.2, 0.25) is 0 Å². The molecule has 0 spiro atoms. The van der Waals surface area contributed by atoms with E-state index in [0.717, 1.165) is 11.1 Å². The maximum absolute atomic E-state index is 11.6. The van der Waals surface area contributed by atoms with Crippen molar-refractivity contribution < 1.29 is 22.2 Å². The van der Waals surface area contributed by atoms with Gasteiger partial charge in [-0.05, 0) is 11.1 Å². The van der Waals surface area contributed by atoms with Crippen LogP contribution in [-0.4, -0.2) is 0 Å². The van der Waals surface area contributed by atoms with Gasteiger partial charge in [0.15, 0.2) is 0 Å². The molecule has 1 aliphatic rings. The first-order valence-corrected chi connectivity index (χ1v) is 6.52. The molecule has 1 aliphatic carbocycles. The fourth-order valence-corrected chi connectivity index (χ4v) is 1.69. The summed E-state index contributed by atoms with van der Waals surface area (Å²) in [5.74, 6) is 0.0452. The normalized spacial score (nSPS) is 11.9. The van der Waals surface area contributed by atoms with E-state index in [0.29, 0.717) is 0 Å². The van der Waals surface area contributed by atoms with Gasteiger partial charge in [-0.3, -0.25) is 0 Å². The van der Waals surface area contributed by atoms with Crippen LogP contribution in [0.5, 0.6) is 0 Å². The largest absolute Gasteiger partial charge is 2.00 e. The molecule has 3 rings (SSSR count). The SMILES string of the molecule is [Fe+2].[O-]C(C=Cc1ccccc1)=C1C=CC=C1.c1cc[cH-]c1. The smallest absolute Gasteiger partial charge is 0.872 e. The Hall–Kier alpha value is -2.15. The van der Waals surface area contributed by atoms with E-state index in [9.17, 15) is 5.11 Å². The number of allylic oxidation sites excluding steroid dienone is 6. The monoisotopic (exact) mass is 316 g/mol. The van der Waals surface area contributed by atoms with Crippen LogP contribution in [0.2, 0.25) is 0 Å². The van der Waals surface area contributed by atoms with Crippen LogP contribution in [0.3, 0.4) is 0 Å². The fraction of sp³-hybridized carbons (Fsp3) is 0. The average molecular weight is 316 g/mol. The molecule has 0 amide bonds. The summed E-state index contributed by atoms with van der Waals surface area (Å²) in [6.07, 6.45) is 10.8. The standard InChI is InChI=1S/C14H12O.C5H5.Fe/c15-14(13-8-4-5-9-13)11-10-12-6-2-1-3-7-12;1-2-4-5-3-1;/h1-11,15H;1-5H;/q;-1;+2/p-1. The quantitative estimate of drug-likeness (QED) is 0.469. The van der Waals surface area contributed by atoms with Gasteiger partial charge in [0.05, 0.1) is 0 Å². The first-order valence-electron chi connectivity index (χ1n) is 6.52. The Labute approximate surface area is 136 Å². The molecule has 1 nitrogen and oxygen atoms in total. The zero-order chi connectivity index (χ0) is 14.0. The minimum absolute atomic E-state index is 0. The molecule has 0 aromatic heterocycles. The molecular weight excluding hydrogens is 300 g/mol. The van der Waals surface area contributed by atoms with E-state index in [1.54, 1.807) is 6.08 Å². The average Bonchev–Trinajstić information content (AvgIpc) is 3.20. The van der Waals surface area contributed by atoms with E-state index >= 15 is 0 Å². The number of rotatable bonds is 2. The molecule has 2 aromatic rings. The summed E-state index contributed by atoms with van der Waals surface area (Å²) in [4.78, 5) is 0. The Bertz CT molecular complexity index is 586. The topological polar surface area (TPSA) is 23.1 Å². The summed E-state index contributed by atoms with van der Waals surface area (Å²) in [6, 6.07) is 19.8. The first kappa shape index (κ1) is 16.9. The minimum Gasteiger partial charge on any atom is -0.872 e. The third kappa shape index (κ3) is 6.22. The van der Waals surface area contributed by atoms with Gasteiger partial charge >= 0.3 is 17.1 Å². The van der Waals surface area contributed by atoms with Gasteiger partial charge in [-0.15, -0.1) is 5.76 Å². The van der Waals surface area contributed by atoms with Crippen molar-refractivity contribution in [1.29, 1.82) is 0 Å². The molecule has 0 fully saturated rings. The van der Waals surface area contributed by atoms with Gasteiger partial charge in [0.25, 0.3) is 0 Å². The van der Waals surface area contributed by atoms with Crippen molar-refractivity contribution >= 4 is 6.08 Å². The summed E-state index contributed by atoms with van der Waals surface area (Å²) in [5.41, 5.74) is 1.78. The Kier molecular flexibility index (Phi) is 7.81. The van der Waals surface area contributed by atoms with Crippen LogP contribution in [-0.2, 0) is 17.1 Å². The number of hydrogen-bond donors (Lipinski definition) is 0. The second-order valence-electron chi connectivity index (χ2n) is 4.24. The van der Waals surface area contributed by atoms with Gasteiger partial charge in [-0.1, -0.05) is 66.8 Å². The van der Waals surface area contributed by atoms with Crippen LogP contribution in [0.15, 0.2) is 102 Å². The maximum atomic E-state index is 11.6. The summed E-state index contributed by atoms with van der Waals surface area (Å²) < 4.78 is 0.